The van der Waals surface area contributed by atoms with E-state index in [1.807, 2.05) is 65.0 Å². The van der Waals surface area contributed by atoms with E-state index in [1.54, 1.807) is 11.8 Å². The van der Waals surface area contributed by atoms with Crippen molar-refractivity contribution in [1.82, 2.24) is 9.80 Å². The maximum absolute atomic E-state index is 13.0. The Morgan fingerprint density at radius 2 is 1.86 bits per heavy atom. The van der Waals surface area contributed by atoms with E-state index in [0.29, 0.717) is 19.8 Å². The predicted octanol–water partition coefficient (Wildman–Crippen LogP) is 3.17. The van der Waals surface area contributed by atoms with Gasteiger partial charge in [-0.05, 0) is 47.1 Å². The Morgan fingerprint density at radius 3 is 2.45 bits per heavy atom. The fourth-order valence-corrected chi connectivity index (χ4v) is 3.98. The van der Waals surface area contributed by atoms with E-state index in [1.165, 1.54) is 0 Å². The molecule has 0 radical (unpaired) electrons. The van der Waals surface area contributed by atoms with Gasteiger partial charge in [0, 0.05) is 6.54 Å². The molecule has 2 aliphatic rings. The van der Waals surface area contributed by atoms with E-state index in [2.05, 4.69) is 4.90 Å². The van der Waals surface area contributed by atoms with Crippen molar-refractivity contribution in [3.63, 3.8) is 0 Å². The summed E-state index contributed by atoms with van der Waals surface area (Å²) in [6, 6.07) is 9.09. The molecular weight excluding hydrogens is 372 g/mol. The quantitative estimate of drug-likeness (QED) is 0.555. The molecular formula is C22H32N2O5. The van der Waals surface area contributed by atoms with Gasteiger partial charge in [0.1, 0.15) is 17.4 Å². The number of benzene rings is 1. The number of amides is 1. The SMILES string of the molecule is CCOC(=O)[C@H]1[C@H]([C@@H]2COC(C)(C)N2C(=O)OC(C)(C)C)N1Cc1ccccc1. The lowest BCUT2D eigenvalue weighted by atomic mass is 10.1. The summed E-state index contributed by atoms with van der Waals surface area (Å²) in [4.78, 5) is 29.3. The molecule has 3 rings (SSSR count). The molecule has 0 saturated carbocycles. The molecule has 1 unspecified atom stereocenters. The molecule has 160 valence electrons. The number of hydrogen-bond acceptors (Lipinski definition) is 6. The first-order valence-electron chi connectivity index (χ1n) is 10.2. The largest absolute Gasteiger partial charge is 0.465 e. The number of rotatable bonds is 5. The zero-order chi connectivity index (χ0) is 21.4. The summed E-state index contributed by atoms with van der Waals surface area (Å²) in [5.74, 6) is -0.262. The summed E-state index contributed by atoms with van der Waals surface area (Å²) in [6.07, 6.45) is -0.431. The highest BCUT2D eigenvalue weighted by Crippen LogP contribution is 2.42. The van der Waals surface area contributed by atoms with Crippen LogP contribution in [0, 0.1) is 0 Å². The number of hydrogen-bond donors (Lipinski definition) is 0. The normalized spacial score (nSPS) is 28.1. The Bertz CT molecular complexity index is 743. The van der Waals surface area contributed by atoms with Crippen molar-refractivity contribution in [1.29, 1.82) is 0 Å². The first-order chi connectivity index (χ1) is 13.5. The fraction of sp³-hybridized carbons (Fsp3) is 0.636. The highest BCUT2D eigenvalue weighted by molar-refractivity contribution is 5.81. The maximum atomic E-state index is 13.0. The van der Waals surface area contributed by atoms with E-state index >= 15 is 0 Å². The van der Waals surface area contributed by atoms with Gasteiger partial charge >= 0.3 is 12.1 Å². The highest BCUT2D eigenvalue weighted by atomic mass is 16.6. The fourth-order valence-electron chi connectivity index (χ4n) is 3.98. The Hall–Kier alpha value is -2.12. The lowest BCUT2D eigenvalue weighted by Crippen LogP contribution is -2.52. The lowest BCUT2D eigenvalue weighted by Gasteiger charge is -2.35. The molecule has 2 aliphatic heterocycles. The Morgan fingerprint density at radius 1 is 1.21 bits per heavy atom. The van der Waals surface area contributed by atoms with E-state index in [9.17, 15) is 9.59 Å². The predicted molar refractivity (Wildman–Crippen MR) is 108 cm³/mol. The molecule has 1 aromatic rings. The Balaban J connectivity index is 1.84. The summed E-state index contributed by atoms with van der Waals surface area (Å²) in [5, 5.41) is 0. The van der Waals surface area contributed by atoms with Crippen LogP contribution < -0.4 is 0 Å². The highest BCUT2D eigenvalue weighted by Gasteiger charge is 2.63. The second-order valence-corrected chi connectivity index (χ2v) is 9.02. The number of nitrogens with zero attached hydrogens (tertiary/aromatic N) is 2. The standard InChI is InChI=1S/C22H32N2O5/c1-7-27-19(25)18-17(23(18)13-15-11-9-8-10-12-15)16-14-28-22(5,6)24(16)20(26)29-21(2,3)4/h8-12,16-18H,7,13-14H2,1-6H3/t16-,17-,18+,23?/m0/s1. The number of esters is 1. The van der Waals surface area contributed by atoms with Crippen LogP contribution in [0.15, 0.2) is 30.3 Å². The Labute approximate surface area is 172 Å². The van der Waals surface area contributed by atoms with E-state index in [0.717, 1.165) is 5.56 Å². The molecule has 0 aromatic heterocycles. The molecule has 0 spiro atoms. The summed E-state index contributed by atoms with van der Waals surface area (Å²) in [5.41, 5.74) is -0.326. The molecule has 7 heteroatoms. The number of carbonyl (C=O) groups is 2. The number of ether oxygens (including phenoxy) is 3. The third-order valence-electron chi connectivity index (χ3n) is 5.21. The van der Waals surface area contributed by atoms with E-state index in [4.69, 9.17) is 14.2 Å². The molecule has 1 amide bonds. The van der Waals surface area contributed by atoms with Gasteiger partial charge in [-0.25, -0.2) is 4.79 Å². The Kier molecular flexibility index (Phi) is 5.92. The van der Waals surface area contributed by atoms with Crippen molar-refractivity contribution < 1.29 is 23.8 Å². The maximum Gasteiger partial charge on any atom is 0.412 e. The van der Waals surface area contributed by atoms with Crippen molar-refractivity contribution in [2.45, 2.75) is 77.5 Å². The zero-order valence-electron chi connectivity index (χ0n) is 18.2. The van der Waals surface area contributed by atoms with Gasteiger partial charge in [0.05, 0.1) is 25.3 Å². The lowest BCUT2D eigenvalue weighted by molar-refractivity contribution is -0.143. The molecule has 0 aliphatic carbocycles. The molecule has 0 bridgehead atoms. The van der Waals surface area contributed by atoms with E-state index < -0.39 is 23.5 Å². The minimum absolute atomic E-state index is 0.177. The van der Waals surface area contributed by atoms with Gasteiger partial charge < -0.3 is 14.2 Å². The van der Waals surface area contributed by atoms with Crippen LogP contribution >= 0.6 is 0 Å². The third-order valence-corrected chi connectivity index (χ3v) is 5.21. The van der Waals surface area contributed by atoms with Gasteiger partial charge in [0.2, 0.25) is 0 Å². The van der Waals surface area contributed by atoms with Crippen LogP contribution in [0.4, 0.5) is 4.79 Å². The van der Waals surface area contributed by atoms with Crippen molar-refractivity contribution in [2.75, 3.05) is 13.2 Å². The molecule has 1 aromatic carbocycles. The second kappa shape index (κ2) is 7.95. The molecule has 0 N–H and O–H groups in total. The van der Waals surface area contributed by atoms with Crippen molar-refractivity contribution in [2.24, 2.45) is 0 Å². The van der Waals surface area contributed by atoms with Crippen LogP contribution in [-0.4, -0.2) is 64.5 Å². The van der Waals surface area contributed by atoms with Crippen LogP contribution in [0.25, 0.3) is 0 Å². The van der Waals surface area contributed by atoms with Crippen LogP contribution in [0.5, 0.6) is 0 Å². The summed E-state index contributed by atoms with van der Waals surface area (Å²) in [7, 11) is 0. The number of carbonyl (C=O) groups excluding carboxylic acids is 2. The molecule has 29 heavy (non-hydrogen) atoms. The monoisotopic (exact) mass is 404 g/mol. The van der Waals surface area contributed by atoms with Gasteiger partial charge in [-0.15, -0.1) is 0 Å². The second-order valence-electron chi connectivity index (χ2n) is 9.02. The smallest absolute Gasteiger partial charge is 0.412 e. The molecule has 4 atom stereocenters. The van der Waals surface area contributed by atoms with Gasteiger partial charge in [0.15, 0.2) is 0 Å². The van der Waals surface area contributed by atoms with Gasteiger partial charge in [-0.3, -0.25) is 14.6 Å². The summed E-state index contributed by atoms with van der Waals surface area (Å²) in [6.45, 7) is 12.3. The minimum Gasteiger partial charge on any atom is -0.465 e. The molecule has 7 nitrogen and oxygen atoms in total. The first-order valence-corrected chi connectivity index (χ1v) is 10.2. The van der Waals surface area contributed by atoms with Gasteiger partial charge in [-0.2, -0.15) is 0 Å². The van der Waals surface area contributed by atoms with Crippen LogP contribution in [0.3, 0.4) is 0 Å². The average Bonchev–Trinajstić information content (AvgIpc) is 3.21. The summed E-state index contributed by atoms with van der Waals surface area (Å²) < 4.78 is 16.9. The van der Waals surface area contributed by atoms with Crippen LogP contribution in [-0.2, 0) is 25.5 Å². The minimum atomic E-state index is -0.812. The van der Waals surface area contributed by atoms with Crippen molar-refractivity contribution in [3.05, 3.63) is 35.9 Å². The topological polar surface area (TPSA) is 68.1 Å². The van der Waals surface area contributed by atoms with Crippen molar-refractivity contribution >= 4 is 12.1 Å². The summed E-state index contributed by atoms with van der Waals surface area (Å²) >= 11 is 0. The average molecular weight is 405 g/mol. The molecule has 2 saturated heterocycles. The zero-order valence-corrected chi connectivity index (χ0v) is 18.2. The van der Waals surface area contributed by atoms with Gasteiger partial charge in [0.25, 0.3) is 0 Å². The molecule has 2 heterocycles. The van der Waals surface area contributed by atoms with Crippen LogP contribution in [0.2, 0.25) is 0 Å². The first kappa shape index (κ1) is 21.6. The van der Waals surface area contributed by atoms with E-state index in [-0.39, 0.29) is 18.1 Å². The molecule has 2 fully saturated rings. The third kappa shape index (κ3) is 4.73. The van der Waals surface area contributed by atoms with Crippen LogP contribution in [0.1, 0.15) is 47.1 Å². The van der Waals surface area contributed by atoms with Gasteiger partial charge in [-0.1, -0.05) is 30.3 Å². The van der Waals surface area contributed by atoms with Crippen molar-refractivity contribution in [3.8, 4) is 0 Å².